The highest BCUT2D eigenvalue weighted by Crippen LogP contribution is 2.30. The Bertz CT molecular complexity index is 1270. The number of alkyl halides is 2. The smallest absolute Gasteiger partial charge is 0.262 e. The molecular formula is C19H19F2N9O3. The maximum absolute atomic E-state index is 13.5. The van der Waals surface area contributed by atoms with Crippen molar-refractivity contribution in [2.45, 2.75) is 31.3 Å². The van der Waals surface area contributed by atoms with Crippen molar-refractivity contribution in [1.82, 2.24) is 39.5 Å². The molecule has 12 nitrogen and oxygen atoms in total. The molecule has 33 heavy (non-hydrogen) atoms. The van der Waals surface area contributed by atoms with Crippen molar-refractivity contribution < 1.29 is 23.7 Å². The zero-order valence-electron chi connectivity index (χ0n) is 17.2. The second-order valence-electron chi connectivity index (χ2n) is 7.69. The summed E-state index contributed by atoms with van der Waals surface area (Å²) in [7, 11) is 0. The number of rotatable bonds is 6. The number of anilines is 1. The number of fused-ring (bicyclic) bond motifs is 1. The molecule has 4 aromatic rings. The lowest BCUT2D eigenvalue weighted by Crippen LogP contribution is -2.28. The first-order chi connectivity index (χ1) is 15.8. The molecule has 5 rings (SSSR count). The molecule has 0 radical (unpaired) electrons. The van der Waals surface area contributed by atoms with Crippen molar-refractivity contribution in [3.8, 4) is 17.2 Å². The Morgan fingerprint density at radius 2 is 2.15 bits per heavy atom. The summed E-state index contributed by atoms with van der Waals surface area (Å²) in [5, 5.41) is 30.9. The van der Waals surface area contributed by atoms with Crippen molar-refractivity contribution >= 4 is 17.0 Å². The van der Waals surface area contributed by atoms with Crippen LogP contribution in [0.4, 0.5) is 14.6 Å². The van der Waals surface area contributed by atoms with Gasteiger partial charge in [0.2, 0.25) is 0 Å². The van der Waals surface area contributed by atoms with E-state index < -0.39 is 30.9 Å². The van der Waals surface area contributed by atoms with Gasteiger partial charge in [0.05, 0.1) is 25.7 Å². The third-order valence-electron chi connectivity index (χ3n) is 5.03. The lowest BCUT2D eigenvalue weighted by atomic mass is 10.2. The fraction of sp³-hybridized carbons (Fsp3) is 0.368. The Labute approximate surface area is 184 Å². The van der Waals surface area contributed by atoms with Crippen LogP contribution in [-0.4, -0.2) is 81.0 Å². The second kappa shape index (κ2) is 8.06. The number of imidazole rings is 1. The molecule has 0 spiro atoms. The van der Waals surface area contributed by atoms with E-state index in [-0.39, 0.29) is 29.5 Å². The number of pyridine rings is 1. The number of aliphatic hydroxyl groups is 2. The van der Waals surface area contributed by atoms with Crippen molar-refractivity contribution in [2.24, 2.45) is 0 Å². The molecule has 1 saturated heterocycles. The van der Waals surface area contributed by atoms with Crippen LogP contribution >= 0.6 is 0 Å². The molecule has 0 aromatic carbocycles. The average Bonchev–Trinajstić information content (AvgIpc) is 3.52. The number of nitrogens with zero attached hydrogens (tertiary/aromatic N) is 8. The number of nitrogens with one attached hydrogen (secondary N) is 1. The normalized spacial score (nSPS) is 21.1. The zero-order valence-corrected chi connectivity index (χ0v) is 17.2. The molecule has 0 unspecified atom stereocenters. The molecule has 4 aromatic heterocycles. The fourth-order valence-electron chi connectivity index (χ4n) is 3.39. The van der Waals surface area contributed by atoms with E-state index in [9.17, 15) is 19.0 Å². The summed E-state index contributed by atoms with van der Waals surface area (Å²) in [6.07, 6.45) is 2.89. The van der Waals surface area contributed by atoms with Crippen LogP contribution in [0.15, 0.2) is 37.1 Å². The predicted octanol–water partition coefficient (Wildman–Crippen LogP) is 0.787. The van der Waals surface area contributed by atoms with E-state index in [1.54, 1.807) is 30.7 Å². The Hall–Kier alpha value is -3.62. The summed E-state index contributed by atoms with van der Waals surface area (Å²) >= 11 is 0. The zero-order chi connectivity index (χ0) is 23.2. The van der Waals surface area contributed by atoms with Gasteiger partial charge in [-0.25, -0.2) is 13.8 Å². The van der Waals surface area contributed by atoms with Gasteiger partial charge >= 0.3 is 0 Å². The van der Waals surface area contributed by atoms with E-state index in [4.69, 9.17) is 4.74 Å². The lowest BCUT2D eigenvalue weighted by molar-refractivity contribution is -0.0162. The molecule has 0 bridgehead atoms. The van der Waals surface area contributed by atoms with Gasteiger partial charge in [-0.3, -0.25) is 9.55 Å². The van der Waals surface area contributed by atoms with E-state index in [0.29, 0.717) is 5.69 Å². The van der Waals surface area contributed by atoms with E-state index in [0.717, 1.165) is 12.5 Å². The predicted molar refractivity (Wildman–Crippen MR) is 110 cm³/mol. The van der Waals surface area contributed by atoms with Crippen molar-refractivity contribution in [3.05, 3.63) is 37.1 Å². The highest BCUT2D eigenvalue weighted by atomic mass is 19.3. The quantitative estimate of drug-likeness (QED) is 0.378. The second-order valence-corrected chi connectivity index (χ2v) is 7.69. The maximum Gasteiger partial charge on any atom is 0.262 e. The molecule has 0 aliphatic carbocycles. The summed E-state index contributed by atoms with van der Waals surface area (Å²) in [5.41, 5.74) is 1.61. The largest absolute Gasteiger partial charge is 0.388 e. The molecule has 172 valence electrons. The van der Waals surface area contributed by atoms with Crippen LogP contribution in [0, 0.1) is 0 Å². The van der Waals surface area contributed by atoms with Crippen LogP contribution in [-0.2, 0) is 4.74 Å². The standard InChI is InChI=1S/C19H19F2N9O3/c1-19(20,21)8-23-15-13-16(29(9-24-13)17-14(32)12(31)7-33-17)26-18(25-15)30-6-11(27-28-30)10-3-2-4-22-5-10/h2-6,9,12,14,17,31-32H,7-8H2,1H3,(H,23,25,26)/t12-,14-,17-/m1/s1. The molecule has 3 N–H and O–H groups in total. The molecule has 0 saturated carbocycles. The third-order valence-corrected chi connectivity index (χ3v) is 5.03. The molecule has 1 aliphatic heterocycles. The Balaban J connectivity index is 1.60. The summed E-state index contributed by atoms with van der Waals surface area (Å²) in [6, 6.07) is 3.56. The van der Waals surface area contributed by atoms with E-state index in [1.807, 2.05) is 0 Å². The van der Waals surface area contributed by atoms with Crippen LogP contribution in [0.1, 0.15) is 13.2 Å². The highest BCUT2D eigenvalue weighted by molar-refractivity contribution is 5.83. The maximum atomic E-state index is 13.5. The van der Waals surface area contributed by atoms with Crippen molar-refractivity contribution in [1.29, 1.82) is 0 Å². The fourth-order valence-corrected chi connectivity index (χ4v) is 3.39. The Morgan fingerprint density at radius 3 is 2.85 bits per heavy atom. The number of aromatic nitrogens is 8. The first-order valence-corrected chi connectivity index (χ1v) is 9.97. The summed E-state index contributed by atoms with van der Waals surface area (Å²) in [5.74, 6) is -2.93. The molecule has 3 atom stereocenters. The number of aliphatic hydroxyl groups excluding tert-OH is 2. The third kappa shape index (κ3) is 4.10. The van der Waals surface area contributed by atoms with E-state index in [1.165, 1.54) is 15.6 Å². The van der Waals surface area contributed by atoms with Crippen LogP contribution in [0.25, 0.3) is 28.4 Å². The number of hydrogen-bond acceptors (Lipinski definition) is 10. The van der Waals surface area contributed by atoms with Gasteiger partial charge < -0.3 is 20.3 Å². The van der Waals surface area contributed by atoms with Crippen molar-refractivity contribution in [2.75, 3.05) is 18.5 Å². The van der Waals surface area contributed by atoms with Gasteiger partial charge in [0.25, 0.3) is 11.9 Å². The molecule has 1 fully saturated rings. The van der Waals surface area contributed by atoms with Crippen LogP contribution in [0.2, 0.25) is 0 Å². The van der Waals surface area contributed by atoms with Gasteiger partial charge in [0.15, 0.2) is 23.2 Å². The Kier molecular flexibility index (Phi) is 5.19. The van der Waals surface area contributed by atoms with Crippen LogP contribution in [0.5, 0.6) is 0 Å². The van der Waals surface area contributed by atoms with Crippen LogP contribution in [0.3, 0.4) is 0 Å². The van der Waals surface area contributed by atoms with Gasteiger partial charge in [0.1, 0.15) is 17.9 Å². The monoisotopic (exact) mass is 459 g/mol. The van der Waals surface area contributed by atoms with Gasteiger partial charge in [-0.05, 0) is 12.1 Å². The van der Waals surface area contributed by atoms with E-state index in [2.05, 4.69) is 35.6 Å². The molecule has 1 aliphatic rings. The minimum absolute atomic E-state index is 0.0295. The van der Waals surface area contributed by atoms with Crippen LogP contribution < -0.4 is 5.32 Å². The topological polar surface area (TPSA) is 149 Å². The minimum atomic E-state index is -3.00. The number of halogens is 2. The number of ether oxygens (including phenoxy) is 1. The van der Waals surface area contributed by atoms with E-state index >= 15 is 0 Å². The Morgan fingerprint density at radius 1 is 1.30 bits per heavy atom. The average molecular weight is 459 g/mol. The van der Waals surface area contributed by atoms with Gasteiger partial charge in [-0.2, -0.15) is 14.6 Å². The molecule has 0 amide bonds. The van der Waals surface area contributed by atoms with Gasteiger partial charge in [-0.15, -0.1) is 5.10 Å². The summed E-state index contributed by atoms with van der Waals surface area (Å²) in [4.78, 5) is 17.0. The lowest BCUT2D eigenvalue weighted by Gasteiger charge is -2.17. The first kappa shape index (κ1) is 21.2. The van der Waals surface area contributed by atoms with Gasteiger partial charge in [-0.1, -0.05) is 5.21 Å². The minimum Gasteiger partial charge on any atom is -0.388 e. The van der Waals surface area contributed by atoms with Crippen molar-refractivity contribution in [3.63, 3.8) is 0 Å². The SMILES string of the molecule is CC(F)(F)CNc1nc(-n2cc(-c3cccnc3)nn2)nc2c1ncn2[C@@H]1OC[C@@H](O)[C@H]1O. The summed E-state index contributed by atoms with van der Waals surface area (Å²) in [6.45, 7) is 0.0126. The molecule has 5 heterocycles. The summed E-state index contributed by atoms with van der Waals surface area (Å²) < 4.78 is 35.2. The molecular weight excluding hydrogens is 440 g/mol. The highest BCUT2D eigenvalue weighted by Gasteiger charge is 2.37. The number of hydrogen-bond donors (Lipinski definition) is 3. The molecule has 14 heteroatoms. The van der Waals surface area contributed by atoms with Gasteiger partial charge in [0, 0.05) is 24.9 Å². The first-order valence-electron chi connectivity index (χ1n) is 9.97.